The van der Waals surface area contributed by atoms with Gasteiger partial charge in [-0.05, 0) is 71.6 Å². The molecule has 1 aromatic heterocycles. The number of aromatic nitrogens is 1. The number of carbonyl (C=O) groups excluding carboxylic acids is 3. The van der Waals surface area contributed by atoms with Crippen molar-refractivity contribution in [2.75, 3.05) is 19.7 Å². The third-order valence-corrected chi connectivity index (χ3v) is 7.34. The van der Waals surface area contributed by atoms with Gasteiger partial charge in [-0.2, -0.15) is 0 Å². The van der Waals surface area contributed by atoms with Crippen molar-refractivity contribution in [2.45, 2.75) is 31.8 Å². The van der Waals surface area contributed by atoms with Gasteiger partial charge in [0, 0.05) is 49.2 Å². The number of rotatable bonds is 14. The van der Waals surface area contributed by atoms with Gasteiger partial charge in [-0.3, -0.25) is 19.4 Å². The standard InChI is InChI=1S/C34H36ClN5O4/c1-2-44-29-15-11-25(12-16-29)30(21-39-32(41)26-9-13-28(35)14-10-26)33(42)40-22-31(27-4-3-17-37-20-27)34(43)38-19-24-7-5-23(18-36)6-8-24/h3-17,20,30-31H,2,18-19,21-22,36H2,1H3,(H,38,43)(H,39,41)(H,40,42)/t30-,31+/m1/s1. The van der Waals surface area contributed by atoms with Crippen LogP contribution in [0.25, 0.3) is 0 Å². The zero-order valence-corrected chi connectivity index (χ0v) is 25.2. The smallest absolute Gasteiger partial charge is 0.251 e. The van der Waals surface area contributed by atoms with Crippen molar-refractivity contribution in [3.05, 3.63) is 130 Å². The van der Waals surface area contributed by atoms with E-state index in [0.717, 1.165) is 11.1 Å². The minimum Gasteiger partial charge on any atom is -0.494 e. The Bertz CT molecular complexity index is 1510. The summed E-state index contributed by atoms with van der Waals surface area (Å²) in [5.41, 5.74) is 9.39. The third-order valence-electron chi connectivity index (χ3n) is 7.09. The molecule has 5 N–H and O–H groups in total. The molecule has 0 aliphatic heterocycles. The van der Waals surface area contributed by atoms with E-state index in [4.69, 9.17) is 22.1 Å². The van der Waals surface area contributed by atoms with Crippen LogP contribution < -0.4 is 26.4 Å². The first kappa shape index (κ1) is 32.2. The molecule has 4 aromatic rings. The zero-order valence-electron chi connectivity index (χ0n) is 24.5. The van der Waals surface area contributed by atoms with Gasteiger partial charge in [-0.25, -0.2) is 0 Å². The first-order valence-corrected chi connectivity index (χ1v) is 14.8. The van der Waals surface area contributed by atoms with Crippen molar-refractivity contribution in [3.8, 4) is 5.75 Å². The molecule has 3 amide bonds. The van der Waals surface area contributed by atoms with Gasteiger partial charge in [0.1, 0.15) is 5.75 Å². The molecular weight excluding hydrogens is 578 g/mol. The highest BCUT2D eigenvalue weighted by molar-refractivity contribution is 6.30. The van der Waals surface area contributed by atoms with Crippen molar-refractivity contribution in [3.63, 3.8) is 0 Å². The summed E-state index contributed by atoms with van der Waals surface area (Å²) < 4.78 is 5.55. The van der Waals surface area contributed by atoms with Crippen LogP contribution in [0.15, 0.2) is 97.3 Å². The SMILES string of the molecule is CCOc1ccc([C@@H](CNC(=O)c2ccc(Cl)cc2)C(=O)NC[C@H](C(=O)NCc2ccc(CN)cc2)c2cccnc2)cc1. The summed E-state index contributed by atoms with van der Waals surface area (Å²) >= 11 is 5.96. The summed E-state index contributed by atoms with van der Waals surface area (Å²) in [4.78, 5) is 44.1. The van der Waals surface area contributed by atoms with Crippen LogP contribution in [0.4, 0.5) is 0 Å². The maximum atomic E-state index is 13.7. The topological polar surface area (TPSA) is 135 Å². The Morgan fingerprint density at radius 1 is 0.795 bits per heavy atom. The number of nitrogens with two attached hydrogens (primary N) is 1. The fourth-order valence-corrected chi connectivity index (χ4v) is 4.72. The molecule has 2 atom stereocenters. The first-order chi connectivity index (χ1) is 21.4. The van der Waals surface area contributed by atoms with Crippen molar-refractivity contribution in [2.24, 2.45) is 5.73 Å². The first-order valence-electron chi connectivity index (χ1n) is 14.4. The summed E-state index contributed by atoms with van der Waals surface area (Å²) in [6.07, 6.45) is 3.24. The highest BCUT2D eigenvalue weighted by atomic mass is 35.5. The second-order valence-electron chi connectivity index (χ2n) is 10.1. The van der Waals surface area contributed by atoms with Gasteiger partial charge in [0.15, 0.2) is 0 Å². The average Bonchev–Trinajstić information content (AvgIpc) is 3.05. The summed E-state index contributed by atoms with van der Waals surface area (Å²) in [7, 11) is 0. The molecule has 1 heterocycles. The Morgan fingerprint density at radius 3 is 2.07 bits per heavy atom. The van der Waals surface area contributed by atoms with E-state index in [2.05, 4.69) is 20.9 Å². The summed E-state index contributed by atoms with van der Waals surface area (Å²) in [6, 6.07) is 24.9. The van der Waals surface area contributed by atoms with Crippen LogP contribution in [0.3, 0.4) is 0 Å². The summed E-state index contributed by atoms with van der Waals surface area (Å²) in [5.74, 6) is -1.69. The summed E-state index contributed by atoms with van der Waals surface area (Å²) in [6.45, 7) is 3.22. The lowest BCUT2D eigenvalue weighted by Crippen LogP contribution is -2.41. The quantitative estimate of drug-likeness (QED) is 0.167. The molecule has 228 valence electrons. The maximum Gasteiger partial charge on any atom is 0.251 e. The number of benzene rings is 3. The van der Waals surface area contributed by atoms with E-state index >= 15 is 0 Å². The predicted molar refractivity (Wildman–Crippen MR) is 170 cm³/mol. The van der Waals surface area contributed by atoms with E-state index in [-0.39, 0.29) is 30.8 Å². The normalized spacial score (nSPS) is 12.1. The Hall–Kier alpha value is -4.73. The minimum absolute atomic E-state index is 0.0289. The monoisotopic (exact) mass is 613 g/mol. The van der Waals surface area contributed by atoms with Gasteiger partial charge in [0.25, 0.3) is 5.91 Å². The van der Waals surface area contributed by atoms with Gasteiger partial charge in [0.2, 0.25) is 11.8 Å². The van der Waals surface area contributed by atoms with E-state index in [9.17, 15) is 14.4 Å². The zero-order chi connectivity index (χ0) is 31.3. The van der Waals surface area contributed by atoms with Crippen molar-refractivity contribution >= 4 is 29.3 Å². The number of carbonyl (C=O) groups is 3. The van der Waals surface area contributed by atoms with Crippen LogP contribution in [0, 0.1) is 0 Å². The van der Waals surface area contributed by atoms with Crippen LogP contribution in [0.2, 0.25) is 5.02 Å². The largest absolute Gasteiger partial charge is 0.494 e. The lowest BCUT2D eigenvalue weighted by Gasteiger charge is -2.22. The molecule has 10 heteroatoms. The maximum absolute atomic E-state index is 13.7. The molecule has 0 saturated heterocycles. The minimum atomic E-state index is -0.736. The van der Waals surface area contributed by atoms with E-state index in [1.165, 1.54) is 0 Å². The van der Waals surface area contributed by atoms with Gasteiger partial charge < -0.3 is 26.4 Å². The molecule has 3 aromatic carbocycles. The number of hydrogen-bond acceptors (Lipinski definition) is 6. The van der Waals surface area contributed by atoms with Gasteiger partial charge in [-0.15, -0.1) is 0 Å². The molecular formula is C34H36ClN5O4. The van der Waals surface area contributed by atoms with E-state index in [1.807, 2.05) is 31.2 Å². The highest BCUT2D eigenvalue weighted by Gasteiger charge is 2.26. The van der Waals surface area contributed by atoms with Crippen molar-refractivity contribution < 1.29 is 19.1 Å². The molecule has 0 fully saturated rings. The van der Waals surface area contributed by atoms with Gasteiger partial charge >= 0.3 is 0 Å². The number of ether oxygens (including phenoxy) is 1. The Morgan fingerprint density at radius 2 is 1.43 bits per heavy atom. The van der Waals surface area contributed by atoms with Crippen molar-refractivity contribution in [1.82, 2.24) is 20.9 Å². The lowest BCUT2D eigenvalue weighted by atomic mass is 9.96. The molecule has 4 rings (SSSR count). The van der Waals surface area contributed by atoms with Crippen LogP contribution in [-0.4, -0.2) is 42.4 Å². The van der Waals surface area contributed by atoms with Crippen LogP contribution >= 0.6 is 11.6 Å². The molecule has 0 aliphatic carbocycles. The third kappa shape index (κ3) is 9.13. The number of nitrogens with one attached hydrogen (secondary N) is 3. The molecule has 0 spiro atoms. The molecule has 0 saturated carbocycles. The number of amides is 3. The Balaban J connectivity index is 1.48. The molecule has 0 unspecified atom stereocenters. The number of pyridine rings is 1. The van der Waals surface area contributed by atoms with Crippen molar-refractivity contribution in [1.29, 1.82) is 0 Å². The molecule has 0 bridgehead atoms. The van der Waals surface area contributed by atoms with E-state index in [1.54, 1.807) is 73.1 Å². The predicted octanol–water partition coefficient (Wildman–Crippen LogP) is 4.32. The highest BCUT2D eigenvalue weighted by Crippen LogP contribution is 2.21. The van der Waals surface area contributed by atoms with E-state index in [0.29, 0.717) is 47.2 Å². The fraction of sp³-hybridized carbons (Fsp3) is 0.235. The fourth-order valence-electron chi connectivity index (χ4n) is 4.60. The number of halogens is 1. The number of nitrogens with zero attached hydrogens (tertiary/aromatic N) is 1. The lowest BCUT2D eigenvalue weighted by molar-refractivity contribution is -0.124. The number of hydrogen-bond donors (Lipinski definition) is 4. The van der Waals surface area contributed by atoms with Crippen LogP contribution in [0.5, 0.6) is 5.75 Å². The second kappa shape index (κ2) is 16.2. The van der Waals surface area contributed by atoms with Crippen LogP contribution in [-0.2, 0) is 22.7 Å². The summed E-state index contributed by atoms with van der Waals surface area (Å²) in [5, 5.41) is 9.29. The van der Waals surface area contributed by atoms with Gasteiger partial charge in [-0.1, -0.05) is 54.1 Å². The van der Waals surface area contributed by atoms with Crippen LogP contribution in [0.1, 0.15) is 51.4 Å². The molecule has 0 aliphatic rings. The second-order valence-corrected chi connectivity index (χ2v) is 10.5. The Kier molecular flexibility index (Phi) is 11.9. The molecule has 44 heavy (non-hydrogen) atoms. The van der Waals surface area contributed by atoms with Gasteiger partial charge in [0.05, 0.1) is 18.4 Å². The molecule has 9 nitrogen and oxygen atoms in total. The average molecular weight is 614 g/mol. The van der Waals surface area contributed by atoms with E-state index < -0.39 is 11.8 Å². The Labute approximate surface area is 262 Å². The molecule has 0 radical (unpaired) electrons.